The summed E-state index contributed by atoms with van der Waals surface area (Å²) >= 11 is 1.48. The number of nitrogens with one attached hydrogen (secondary N) is 1. The predicted molar refractivity (Wildman–Crippen MR) is 115 cm³/mol. The number of fused-ring (bicyclic) bond motifs is 1. The summed E-state index contributed by atoms with van der Waals surface area (Å²) in [6.45, 7) is 6.34. The van der Waals surface area contributed by atoms with E-state index < -0.39 is 0 Å². The van der Waals surface area contributed by atoms with E-state index in [1.165, 1.54) is 11.3 Å². The van der Waals surface area contributed by atoms with Crippen LogP contribution >= 0.6 is 11.3 Å². The van der Waals surface area contributed by atoms with Gasteiger partial charge in [0.25, 0.3) is 5.91 Å². The van der Waals surface area contributed by atoms with Gasteiger partial charge in [-0.2, -0.15) is 0 Å². The van der Waals surface area contributed by atoms with Crippen LogP contribution in [-0.2, 0) is 9.53 Å². The maximum absolute atomic E-state index is 13.0. The van der Waals surface area contributed by atoms with E-state index in [2.05, 4.69) is 17.1 Å². The van der Waals surface area contributed by atoms with Crippen molar-refractivity contribution in [3.8, 4) is 0 Å². The van der Waals surface area contributed by atoms with Crippen LogP contribution in [-0.4, -0.2) is 68.0 Å². The van der Waals surface area contributed by atoms with Crippen LogP contribution in [0, 0.1) is 5.92 Å². The highest BCUT2D eigenvalue weighted by molar-refractivity contribution is 7.21. The Kier molecular flexibility index (Phi) is 6.18. The number of amides is 2. The first-order chi connectivity index (χ1) is 14.1. The predicted octanol–water partition coefficient (Wildman–Crippen LogP) is 2.89. The van der Waals surface area contributed by atoms with Gasteiger partial charge in [-0.1, -0.05) is 25.1 Å². The van der Waals surface area contributed by atoms with Gasteiger partial charge in [0.15, 0.2) is 0 Å². The number of ether oxygens (including phenoxy) is 1. The molecule has 1 N–H and O–H groups in total. The standard InChI is InChI=1S/C22H29N3O3S/c1-15-7-9-24(10-8-15)14-19(26)25-11-12-28-17(13-25)20-16-5-3-4-6-18(16)29-21(20)22(27)23-2/h3-6,15,17H,7-14H2,1-2H3,(H,23,27). The summed E-state index contributed by atoms with van der Waals surface area (Å²) in [7, 11) is 1.65. The Hall–Kier alpha value is -1.96. The van der Waals surface area contributed by atoms with Gasteiger partial charge in [0.2, 0.25) is 5.91 Å². The first-order valence-electron chi connectivity index (χ1n) is 10.4. The molecular weight excluding hydrogens is 386 g/mol. The molecule has 0 bridgehead atoms. The van der Waals surface area contributed by atoms with Crippen LogP contribution < -0.4 is 5.32 Å². The summed E-state index contributed by atoms with van der Waals surface area (Å²) in [4.78, 5) is 30.3. The van der Waals surface area contributed by atoms with Gasteiger partial charge in [-0.05, 0) is 43.3 Å². The van der Waals surface area contributed by atoms with Crippen molar-refractivity contribution in [2.75, 3.05) is 46.4 Å². The monoisotopic (exact) mass is 415 g/mol. The summed E-state index contributed by atoms with van der Waals surface area (Å²) in [5, 5.41) is 3.78. The lowest BCUT2D eigenvalue weighted by molar-refractivity contribution is -0.140. The maximum atomic E-state index is 13.0. The Morgan fingerprint density at radius 3 is 2.72 bits per heavy atom. The van der Waals surface area contributed by atoms with E-state index in [-0.39, 0.29) is 17.9 Å². The van der Waals surface area contributed by atoms with Crippen molar-refractivity contribution in [3.63, 3.8) is 0 Å². The lowest BCUT2D eigenvalue weighted by Crippen LogP contribution is -2.48. The number of carbonyl (C=O) groups is 2. The molecule has 2 fully saturated rings. The third kappa shape index (κ3) is 4.32. The average molecular weight is 416 g/mol. The minimum atomic E-state index is -0.280. The molecule has 1 aromatic carbocycles. The third-order valence-electron chi connectivity index (χ3n) is 6.04. The van der Waals surface area contributed by atoms with Crippen LogP contribution in [0.5, 0.6) is 0 Å². The number of morpholine rings is 1. The quantitative estimate of drug-likeness (QED) is 0.834. The van der Waals surface area contributed by atoms with E-state index in [1.54, 1.807) is 7.05 Å². The Balaban J connectivity index is 1.52. The van der Waals surface area contributed by atoms with Crippen molar-refractivity contribution < 1.29 is 14.3 Å². The molecule has 2 saturated heterocycles. The fraction of sp³-hybridized carbons (Fsp3) is 0.545. The van der Waals surface area contributed by atoms with Crippen molar-refractivity contribution in [1.82, 2.24) is 15.1 Å². The maximum Gasteiger partial charge on any atom is 0.261 e. The van der Waals surface area contributed by atoms with E-state index in [0.717, 1.165) is 47.5 Å². The summed E-state index contributed by atoms with van der Waals surface area (Å²) in [5.74, 6) is 0.814. The molecule has 29 heavy (non-hydrogen) atoms. The summed E-state index contributed by atoms with van der Waals surface area (Å²) in [6, 6.07) is 8.02. The third-order valence-corrected chi connectivity index (χ3v) is 7.23. The van der Waals surface area contributed by atoms with Gasteiger partial charge in [0.05, 0.1) is 24.6 Å². The highest BCUT2D eigenvalue weighted by atomic mass is 32.1. The number of rotatable bonds is 4. The molecule has 1 unspecified atom stereocenters. The van der Waals surface area contributed by atoms with Crippen LogP contribution in [0.2, 0.25) is 0 Å². The van der Waals surface area contributed by atoms with E-state index in [1.807, 2.05) is 29.2 Å². The largest absolute Gasteiger partial charge is 0.370 e. The summed E-state index contributed by atoms with van der Waals surface area (Å²) in [6.07, 6.45) is 2.04. The van der Waals surface area contributed by atoms with E-state index >= 15 is 0 Å². The highest BCUT2D eigenvalue weighted by Crippen LogP contribution is 2.38. The zero-order chi connectivity index (χ0) is 20.4. The van der Waals surface area contributed by atoms with E-state index in [9.17, 15) is 9.59 Å². The smallest absolute Gasteiger partial charge is 0.261 e. The number of likely N-dealkylation sites (tertiary alicyclic amines) is 1. The minimum Gasteiger partial charge on any atom is -0.370 e. The molecular formula is C22H29N3O3S. The van der Waals surface area contributed by atoms with Gasteiger partial charge in [0.1, 0.15) is 6.10 Å². The fourth-order valence-electron chi connectivity index (χ4n) is 4.23. The van der Waals surface area contributed by atoms with Crippen LogP contribution in [0.4, 0.5) is 0 Å². The molecule has 2 aliphatic rings. The lowest BCUT2D eigenvalue weighted by atomic mass is 9.99. The number of benzene rings is 1. The second kappa shape index (κ2) is 8.81. The molecule has 0 saturated carbocycles. The van der Waals surface area contributed by atoms with Crippen LogP contribution in [0.1, 0.15) is 41.1 Å². The molecule has 4 rings (SSSR count). The number of hydrogen-bond acceptors (Lipinski definition) is 5. The van der Waals surface area contributed by atoms with Crippen molar-refractivity contribution in [2.24, 2.45) is 5.92 Å². The van der Waals surface area contributed by atoms with Gasteiger partial charge >= 0.3 is 0 Å². The van der Waals surface area contributed by atoms with Gasteiger partial charge in [0, 0.05) is 23.9 Å². The van der Waals surface area contributed by atoms with Gasteiger partial charge in [-0.3, -0.25) is 14.5 Å². The first-order valence-corrected chi connectivity index (χ1v) is 11.2. The molecule has 1 aromatic heterocycles. The molecule has 1 atom stereocenters. The minimum absolute atomic E-state index is 0.101. The zero-order valence-electron chi connectivity index (χ0n) is 17.1. The molecule has 7 heteroatoms. The molecule has 0 spiro atoms. The normalized spacial score (nSPS) is 21.4. The van der Waals surface area contributed by atoms with Crippen LogP contribution in [0.3, 0.4) is 0 Å². The van der Waals surface area contributed by atoms with Gasteiger partial charge < -0.3 is 15.0 Å². The van der Waals surface area contributed by atoms with Crippen molar-refractivity contribution in [2.45, 2.75) is 25.9 Å². The summed E-state index contributed by atoms with van der Waals surface area (Å²) < 4.78 is 7.13. The number of nitrogens with zero attached hydrogens (tertiary/aromatic N) is 2. The van der Waals surface area contributed by atoms with Gasteiger partial charge in [-0.25, -0.2) is 0 Å². The molecule has 2 amide bonds. The van der Waals surface area contributed by atoms with Crippen molar-refractivity contribution >= 4 is 33.2 Å². The van der Waals surface area contributed by atoms with E-state index in [0.29, 0.717) is 31.1 Å². The zero-order valence-corrected chi connectivity index (χ0v) is 18.0. The molecule has 2 aliphatic heterocycles. The van der Waals surface area contributed by atoms with Crippen LogP contribution in [0.25, 0.3) is 10.1 Å². The lowest BCUT2D eigenvalue weighted by Gasteiger charge is -2.36. The SMILES string of the molecule is CNC(=O)c1sc2ccccc2c1C1CN(C(=O)CN2CCC(C)CC2)CCO1. The van der Waals surface area contributed by atoms with Gasteiger partial charge in [-0.15, -0.1) is 11.3 Å². The van der Waals surface area contributed by atoms with Crippen molar-refractivity contribution in [1.29, 1.82) is 0 Å². The number of carbonyl (C=O) groups excluding carboxylic acids is 2. The topological polar surface area (TPSA) is 61.9 Å². The molecule has 6 nitrogen and oxygen atoms in total. The Bertz CT molecular complexity index is 889. The second-order valence-corrected chi connectivity index (χ2v) is 9.13. The second-order valence-electron chi connectivity index (χ2n) is 8.08. The Labute approximate surface area is 175 Å². The van der Waals surface area contributed by atoms with Crippen LogP contribution in [0.15, 0.2) is 24.3 Å². The first kappa shape index (κ1) is 20.3. The number of thiophene rings is 1. The average Bonchev–Trinajstić information content (AvgIpc) is 3.14. The number of piperidine rings is 1. The molecule has 2 aromatic rings. The molecule has 156 valence electrons. The summed E-state index contributed by atoms with van der Waals surface area (Å²) in [5.41, 5.74) is 0.911. The Morgan fingerprint density at radius 2 is 1.97 bits per heavy atom. The Morgan fingerprint density at radius 1 is 1.21 bits per heavy atom. The van der Waals surface area contributed by atoms with E-state index in [4.69, 9.17) is 4.74 Å². The molecule has 0 aliphatic carbocycles. The number of hydrogen-bond donors (Lipinski definition) is 1. The highest BCUT2D eigenvalue weighted by Gasteiger charge is 2.32. The fourth-order valence-corrected chi connectivity index (χ4v) is 5.43. The molecule has 0 radical (unpaired) electrons. The molecule has 3 heterocycles. The van der Waals surface area contributed by atoms with Crippen molar-refractivity contribution in [3.05, 3.63) is 34.7 Å².